The van der Waals surface area contributed by atoms with Crippen molar-refractivity contribution in [2.75, 3.05) is 6.26 Å². The maximum atomic E-state index is 12.3. The molecule has 146 valence electrons. The molecule has 0 heterocycles. The summed E-state index contributed by atoms with van der Waals surface area (Å²) in [5.74, 6) is 0.130. The third kappa shape index (κ3) is 5.13. The topological polar surface area (TPSA) is 96.3 Å². The first-order valence-corrected chi connectivity index (χ1v) is 10.6. The van der Waals surface area contributed by atoms with Crippen LogP contribution < -0.4 is 9.46 Å². The normalized spacial score (nSPS) is 10.8. The zero-order valence-corrected chi connectivity index (χ0v) is 16.8. The maximum absolute atomic E-state index is 12.3. The largest absolute Gasteiger partial charge is 0.457 e. The minimum Gasteiger partial charge on any atom is -0.457 e. The van der Waals surface area contributed by atoms with Gasteiger partial charge in [-0.15, -0.1) is 0 Å². The molecular weight excluding hydrogens is 412 g/mol. The van der Waals surface area contributed by atoms with Crippen molar-refractivity contribution < 1.29 is 17.9 Å². The van der Waals surface area contributed by atoms with E-state index < -0.39 is 15.9 Å². The van der Waals surface area contributed by atoms with Gasteiger partial charge in [0.1, 0.15) is 11.5 Å². The van der Waals surface area contributed by atoms with E-state index in [-0.39, 0.29) is 5.56 Å². The number of benzene rings is 3. The lowest BCUT2D eigenvalue weighted by molar-refractivity contribution is 0.0981. The quantitative estimate of drug-likeness (QED) is 0.653. The van der Waals surface area contributed by atoms with E-state index in [1.54, 1.807) is 54.6 Å². The van der Waals surface area contributed by atoms with Crippen molar-refractivity contribution in [1.29, 1.82) is 5.26 Å². The SMILES string of the molecule is CS(=O)(=O)NC(=O)c1ccc(Oc2ccc(Cl)cc2)c(-c2ccccc2C#N)c1. The predicted octanol–water partition coefficient (Wildman–Crippen LogP) is 4.36. The molecule has 0 aliphatic carbocycles. The van der Waals surface area contributed by atoms with E-state index in [9.17, 15) is 18.5 Å². The number of amides is 1. The molecule has 3 aromatic carbocycles. The second kappa shape index (κ2) is 8.35. The Kier molecular flexibility index (Phi) is 5.87. The molecule has 3 rings (SSSR count). The number of rotatable bonds is 5. The Morgan fingerprint density at radius 3 is 2.38 bits per heavy atom. The van der Waals surface area contributed by atoms with E-state index in [2.05, 4.69) is 6.07 Å². The van der Waals surface area contributed by atoms with Gasteiger partial charge in [-0.3, -0.25) is 4.79 Å². The second-order valence-electron chi connectivity index (χ2n) is 6.13. The van der Waals surface area contributed by atoms with Crippen molar-refractivity contribution in [3.05, 3.63) is 82.9 Å². The van der Waals surface area contributed by atoms with Crippen LogP contribution in [0.3, 0.4) is 0 Å². The Hall–Kier alpha value is -3.34. The maximum Gasteiger partial charge on any atom is 0.264 e. The summed E-state index contributed by atoms with van der Waals surface area (Å²) < 4.78 is 30.7. The number of sulfonamides is 1. The summed E-state index contributed by atoms with van der Waals surface area (Å²) in [5, 5.41) is 10.0. The number of carbonyl (C=O) groups is 1. The van der Waals surface area contributed by atoms with Gasteiger partial charge in [0.15, 0.2) is 0 Å². The highest BCUT2D eigenvalue weighted by molar-refractivity contribution is 7.89. The monoisotopic (exact) mass is 426 g/mol. The molecule has 0 aliphatic heterocycles. The van der Waals surface area contributed by atoms with E-state index in [4.69, 9.17) is 16.3 Å². The lowest BCUT2D eigenvalue weighted by atomic mass is 9.97. The summed E-state index contributed by atoms with van der Waals surface area (Å²) in [6, 6.07) is 20.2. The molecule has 1 N–H and O–H groups in total. The Morgan fingerprint density at radius 2 is 1.72 bits per heavy atom. The highest BCUT2D eigenvalue weighted by Crippen LogP contribution is 2.36. The van der Waals surface area contributed by atoms with Crippen LogP contribution in [0.1, 0.15) is 15.9 Å². The minimum atomic E-state index is -3.72. The number of hydrogen-bond acceptors (Lipinski definition) is 5. The molecule has 0 aromatic heterocycles. The molecule has 0 spiro atoms. The summed E-state index contributed by atoms with van der Waals surface area (Å²) in [7, 11) is -3.72. The summed E-state index contributed by atoms with van der Waals surface area (Å²) in [6.07, 6.45) is 0.898. The minimum absolute atomic E-state index is 0.113. The number of nitrogens with zero attached hydrogens (tertiary/aromatic N) is 1. The fourth-order valence-electron chi connectivity index (χ4n) is 2.64. The smallest absolute Gasteiger partial charge is 0.264 e. The molecule has 0 saturated carbocycles. The first kappa shape index (κ1) is 20.4. The number of ether oxygens (including phenoxy) is 1. The van der Waals surface area contributed by atoms with Gasteiger partial charge in [0.2, 0.25) is 10.0 Å². The third-order valence-corrected chi connectivity index (χ3v) is 4.71. The van der Waals surface area contributed by atoms with Gasteiger partial charge >= 0.3 is 0 Å². The molecule has 1 amide bonds. The third-order valence-electron chi connectivity index (χ3n) is 3.90. The Morgan fingerprint density at radius 1 is 1.03 bits per heavy atom. The summed E-state index contributed by atoms with van der Waals surface area (Å²) >= 11 is 5.90. The second-order valence-corrected chi connectivity index (χ2v) is 8.31. The van der Waals surface area contributed by atoms with Gasteiger partial charge in [0.05, 0.1) is 17.9 Å². The molecule has 0 radical (unpaired) electrons. The van der Waals surface area contributed by atoms with Crippen LogP contribution in [0.15, 0.2) is 66.7 Å². The molecule has 6 nitrogen and oxygen atoms in total. The first-order chi connectivity index (χ1) is 13.8. The van der Waals surface area contributed by atoms with Crippen LogP contribution >= 0.6 is 11.6 Å². The Labute approximate surface area is 173 Å². The van der Waals surface area contributed by atoms with E-state index >= 15 is 0 Å². The molecule has 29 heavy (non-hydrogen) atoms. The van der Waals surface area contributed by atoms with Crippen LogP contribution in [0.25, 0.3) is 11.1 Å². The summed E-state index contributed by atoms with van der Waals surface area (Å²) in [6.45, 7) is 0. The van der Waals surface area contributed by atoms with Crippen LogP contribution in [0.2, 0.25) is 5.02 Å². The van der Waals surface area contributed by atoms with Gasteiger partial charge < -0.3 is 4.74 Å². The summed E-state index contributed by atoms with van der Waals surface area (Å²) in [4.78, 5) is 12.3. The van der Waals surface area contributed by atoms with E-state index in [0.29, 0.717) is 33.2 Å². The van der Waals surface area contributed by atoms with E-state index in [1.165, 1.54) is 12.1 Å². The van der Waals surface area contributed by atoms with Crippen molar-refractivity contribution in [2.45, 2.75) is 0 Å². The molecule has 0 saturated heterocycles. The molecular formula is C21H15ClN2O4S. The van der Waals surface area contributed by atoms with Crippen LogP contribution in [-0.2, 0) is 10.0 Å². The van der Waals surface area contributed by atoms with Gasteiger partial charge in [-0.05, 0) is 48.5 Å². The summed E-state index contributed by atoms with van der Waals surface area (Å²) in [5.41, 5.74) is 1.52. The average molecular weight is 427 g/mol. The zero-order valence-electron chi connectivity index (χ0n) is 15.2. The molecule has 0 fully saturated rings. The number of nitriles is 1. The van der Waals surface area contributed by atoms with E-state index in [0.717, 1.165) is 6.26 Å². The Bertz CT molecular complexity index is 1220. The average Bonchev–Trinajstić information content (AvgIpc) is 2.68. The van der Waals surface area contributed by atoms with Crippen LogP contribution in [-0.4, -0.2) is 20.6 Å². The van der Waals surface area contributed by atoms with Crippen molar-refractivity contribution in [3.8, 4) is 28.7 Å². The van der Waals surface area contributed by atoms with Gasteiger partial charge in [0.25, 0.3) is 5.91 Å². The number of nitrogens with one attached hydrogen (secondary N) is 1. The number of halogens is 1. The van der Waals surface area contributed by atoms with Crippen LogP contribution in [0.4, 0.5) is 0 Å². The molecule has 0 unspecified atom stereocenters. The standard InChI is InChI=1S/C21H15ClN2O4S/c1-29(26,27)24-21(25)14-6-11-20(28-17-9-7-16(22)8-10-17)19(12-14)18-5-3-2-4-15(18)13-23/h2-12H,1H3,(H,24,25). The van der Waals surface area contributed by atoms with Crippen molar-refractivity contribution in [2.24, 2.45) is 0 Å². The fraction of sp³-hybridized carbons (Fsp3) is 0.0476. The highest BCUT2D eigenvalue weighted by atomic mass is 35.5. The first-order valence-electron chi connectivity index (χ1n) is 8.36. The van der Waals surface area contributed by atoms with Gasteiger partial charge in [-0.2, -0.15) is 5.26 Å². The fourth-order valence-corrected chi connectivity index (χ4v) is 3.22. The lowest BCUT2D eigenvalue weighted by Gasteiger charge is -2.14. The molecule has 0 aliphatic rings. The van der Waals surface area contributed by atoms with Crippen LogP contribution in [0, 0.1) is 11.3 Å². The lowest BCUT2D eigenvalue weighted by Crippen LogP contribution is -2.29. The predicted molar refractivity (Wildman–Crippen MR) is 110 cm³/mol. The van der Waals surface area contributed by atoms with Gasteiger partial charge in [-0.1, -0.05) is 29.8 Å². The Balaban J connectivity index is 2.11. The van der Waals surface area contributed by atoms with E-state index in [1.807, 2.05) is 4.72 Å². The molecule has 0 atom stereocenters. The van der Waals surface area contributed by atoms with Gasteiger partial charge in [0, 0.05) is 21.7 Å². The van der Waals surface area contributed by atoms with Crippen molar-refractivity contribution >= 4 is 27.5 Å². The van der Waals surface area contributed by atoms with Crippen molar-refractivity contribution in [3.63, 3.8) is 0 Å². The molecule has 0 bridgehead atoms. The zero-order chi connectivity index (χ0) is 21.0. The molecule has 8 heteroatoms. The number of carbonyl (C=O) groups excluding carboxylic acids is 1. The van der Waals surface area contributed by atoms with Crippen molar-refractivity contribution in [1.82, 2.24) is 4.72 Å². The number of hydrogen-bond donors (Lipinski definition) is 1. The highest BCUT2D eigenvalue weighted by Gasteiger charge is 2.17. The van der Waals surface area contributed by atoms with Crippen LogP contribution in [0.5, 0.6) is 11.5 Å². The molecule has 3 aromatic rings. The van der Waals surface area contributed by atoms with Gasteiger partial charge in [-0.25, -0.2) is 13.1 Å².